The van der Waals surface area contributed by atoms with Crippen LogP contribution in [0.2, 0.25) is 0 Å². The second-order valence-electron chi connectivity index (χ2n) is 1.36. The molecule has 0 fully saturated rings. The second-order valence-corrected chi connectivity index (χ2v) is 1.80. The first-order chi connectivity index (χ1) is 3.31. The maximum atomic E-state index is 9.70. The van der Waals surface area contributed by atoms with Gasteiger partial charge >= 0.3 is 43.2 Å². The van der Waals surface area contributed by atoms with Gasteiger partial charge in [0.15, 0.2) is 0 Å². The van der Waals surface area contributed by atoms with E-state index < -0.39 is 0 Å². The molecule has 0 bridgehead atoms. The van der Waals surface area contributed by atoms with Crippen LogP contribution in [0.5, 0.6) is 0 Å². The molecule has 2 nitrogen and oxygen atoms in total. The Hall–Kier alpha value is -0.0300. The molecule has 3 heteroatoms. The van der Waals surface area contributed by atoms with Crippen LogP contribution >= 0.6 is 7.92 Å². The van der Waals surface area contributed by atoms with Crippen LogP contribution in [0.1, 0.15) is 6.92 Å². The van der Waals surface area contributed by atoms with Gasteiger partial charge in [-0.2, -0.15) is 0 Å². The molecular weight excluding hydrogens is 109 g/mol. The third-order valence-corrected chi connectivity index (χ3v) is 1.17. The van der Waals surface area contributed by atoms with Crippen LogP contribution in [-0.4, -0.2) is 6.54 Å². The number of nitrogens with two attached hydrogens (primary N) is 1. The van der Waals surface area contributed by atoms with Gasteiger partial charge in [0.25, 0.3) is 0 Å². The standard InChI is InChI=1S/C4H8NOP/c1-4(2-5)3-7-6/h4H,2,5H2,1H3. The van der Waals surface area contributed by atoms with Crippen molar-refractivity contribution in [1.29, 1.82) is 0 Å². The SMILES string of the molecule is CC(C#P=O)CN. The molecule has 0 radical (unpaired) electrons. The van der Waals surface area contributed by atoms with Gasteiger partial charge in [0.2, 0.25) is 0 Å². The molecule has 7 heavy (non-hydrogen) atoms. The van der Waals surface area contributed by atoms with Crippen molar-refractivity contribution in [2.45, 2.75) is 6.92 Å². The summed E-state index contributed by atoms with van der Waals surface area (Å²) in [7, 11) is -0.0404. The van der Waals surface area contributed by atoms with E-state index in [-0.39, 0.29) is 13.8 Å². The van der Waals surface area contributed by atoms with Gasteiger partial charge < -0.3 is 0 Å². The topological polar surface area (TPSA) is 43.1 Å². The molecule has 0 spiro atoms. The minimum atomic E-state index is -0.0404. The van der Waals surface area contributed by atoms with Crippen LogP contribution in [0.15, 0.2) is 0 Å². The normalized spacial score (nSPS) is 12.3. The zero-order chi connectivity index (χ0) is 5.70. The first-order valence-electron chi connectivity index (χ1n) is 2.09. The van der Waals surface area contributed by atoms with E-state index >= 15 is 0 Å². The van der Waals surface area contributed by atoms with Crippen LogP contribution in [0, 0.1) is 11.5 Å². The predicted octanol–water partition coefficient (Wildman–Crippen LogP) is 0.832. The van der Waals surface area contributed by atoms with Crippen molar-refractivity contribution in [1.82, 2.24) is 0 Å². The molecule has 1 atom stereocenters. The first-order valence-corrected chi connectivity index (χ1v) is 2.90. The Kier molecular flexibility index (Phi) is 4.12. The van der Waals surface area contributed by atoms with Gasteiger partial charge in [0.05, 0.1) is 0 Å². The summed E-state index contributed by atoms with van der Waals surface area (Å²) in [6.45, 7) is 2.39. The fourth-order valence-corrected chi connectivity index (χ4v) is 0.428. The summed E-state index contributed by atoms with van der Waals surface area (Å²) >= 11 is 0. The summed E-state index contributed by atoms with van der Waals surface area (Å²) in [5, 5.41) is 0. The van der Waals surface area contributed by atoms with Crippen molar-refractivity contribution in [3.05, 3.63) is 0 Å². The Bertz CT molecular complexity index is 126. The van der Waals surface area contributed by atoms with E-state index in [0.717, 1.165) is 0 Å². The van der Waals surface area contributed by atoms with Gasteiger partial charge in [-0.25, -0.2) is 0 Å². The molecule has 0 aliphatic heterocycles. The summed E-state index contributed by atoms with van der Waals surface area (Å²) in [5.74, 6) is 0.152. The molecule has 0 aromatic heterocycles. The molecule has 0 aliphatic carbocycles. The molecule has 0 aromatic carbocycles. The number of hydrogen-bond donors (Lipinski definition) is 1. The molecule has 0 aliphatic rings. The summed E-state index contributed by atoms with van der Waals surface area (Å²) in [6.07, 6.45) is 0. The van der Waals surface area contributed by atoms with Crippen LogP contribution in [0.25, 0.3) is 0 Å². The Morgan fingerprint density at radius 3 is 2.71 bits per heavy atom. The summed E-state index contributed by atoms with van der Waals surface area (Å²) in [5.41, 5.74) is 7.74. The van der Waals surface area contributed by atoms with Crippen LogP contribution in [0.4, 0.5) is 0 Å². The monoisotopic (exact) mass is 117 g/mol. The van der Waals surface area contributed by atoms with E-state index in [2.05, 4.69) is 5.63 Å². The van der Waals surface area contributed by atoms with E-state index in [1.54, 1.807) is 0 Å². The van der Waals surface area contributed by atoms with Crippen molar-refractivity contribution in [2.24, 2.45) is 11.7 Å². The average molecular weight is 117 g/mol. The molecule has 40 valence electrons. The third kappa shape index (κ3) is 3.81. The zero-order valence-corrected chi connectivity index (χ0v) is 5.11. The predicted molar refractivity (Wildman–Crippen MR) is 29.7 cm³/mol. The van der Waals surface area contributed by atoms with Gasteiger partial charge in [-0.05, 0) is 0 Å². The molecular formula is C4H8NOP. The zero-order valence-electron chi connectivity index (χ0n) is 4.22. The number of rotatable bonds is 1. The minimum absolute atomic E-state index is 0.0404. The third-order valence-electron chi connectivity index (χ3n) is 0.627. The molecule has 0 saturated heterocycles. The van der Waals surface area contributed by atoms with Crippen LogP contribution < -0.4 is 5.73 Å². The molecule has 0 saturated carbocycles. The van der Waals surface area contributed by atoms with Gasteiger partial charge in [-0.15, -0.1) is 0 Å². The first kappa shape index (κ1) is 6.97. The molecule has 0 amide bonds. The Morgan fingerprint density at radius 2 is 2.57 bits per heavy atom. The van der Waals surface area contributed by atoms with Gasteiger partial charge in [0, 0.05) is 0 Å². The molecule has 2 N–H and O–H groups in total. The van der Waals surface area contributed by atoms with Crippen molar-refractivity contribution < 1.29 is 4.57 Å². The summed E-state index contributed by atoms with van der Waals surface area (Å²) in [4.78, 5) is 0. The van der Waals surface area contributed by atoms with E-state index in [1.165, 1.54) is 0 Å². The van der Waals surface area contributed by atoms with Crippen molar-refractivity contribution in [3.63, 3.8) is 0 Å². The van der Waals surface area contributed by atoms with E-state index in [9.17, 15) is 4.57 Å². The fraction of sp³-hybridized carbons (Fsp3) is 0.750. The molecule has 0 rings (SSSR count). The van der Waals surface area contributed by atoms with Crippen LogP contribution in [0.3, 0.4) is 0 Å². The Labute approximate surface area is 44.2 Å². The maximum absolute atomic E-state index is 9.70. The van der Waals surface area contributed by atoms with Crippen LogP contribution in [-0.2, 0) is 4.57 Å². The van der Waals surface area contributed by atoms with Crippen molar-refractivity contribution in [2.75, 3.05) is 6.54 Å². The molecule has 0 heterocycles. The van der Waals surface area contributed by atoms with Gasteiger partial charge in [-0.1, -0.05) is 0 Å². The number of hydrogen-bond acceptors (Lipinski definition) is 2. The van der Waals surface area contributed by atoms with E-state index in [1.807, 2.05) is 6.92 Å². The van der Waals surface area contributed by atoms with E-state index in [0.29, 0.717) is 6.54 Å². The Balaban J connectivity index is 3.50. The average Bonchev–Trinajstić information content (AvgIpc) is 1.68. The Morgan fingerprint density at radius 1 is 2.00 bits per heavy atom. The second kappa shape index (κ2) is 4.14. The van der Waals surface area contributed by atoms with Crippen molar-refractivity contribution >= 4 is 7.92 Å². The van der Waals surface area contributed by atoms with Gasteiger partial charge in [-0.3, -0.25) is 0 Å². The molecule has 0 aromatic rings. The van der Waals surface area contributed by atoms with Gasteiger partial charge in [0.1, 0.15) is 0 Å². The fourth-order valence-electron chi connectivity index (χ4n) is 0.143. The molecule has 1 unspecified atom stereocenters. The van der Waals surface area contributed by atoms with E-state index in [4.69, 9.17) is 5.73 Å². The summed E-state index contributed by atoms with van der Waals surface area (Å²) in [6, 6.07) is 0. The quantitative estimate of drug-likeness (QED) is 0.517. The summed E-state index contributed by atoms with van der Waals surface area (Å²) < 4.78 is 9.70. The van der Waals surface area contributed by atoms with Crippen molar-refractivity contribution in [3.8, 4) is 5.63 Å².